The number of hydrogen-bond donors (Lipinski definition) is 2. The molecule has 3 aromatic rings. The van der Waals surface area contributed by atoms with Gasteiger partial charge in [0.25, 0.3) is 0 Å². The first-order chi connectivity index (χ1) is 38.6. The van der Waals surface area contributed by atoms with Crippen molar-refractivity contribution in [2.24, 2.45) is 52.5 Å². The summed E-state index contributed by atoms with van der Waals surface area (Å²) < 4.78 is 36.8. The summed E-state index contributed by atoms with van der Waals surface area (Å²) in [6, 6.07) is 21.5. The van der Waals surface area contributed by atoms with E-state index in [1.807, 2.05) is 71.5 Å². The maximum Gasteiger partial charge on any atom is 0.407 e. The lowest BCUT2D eigenvalue weighted by Gasteiger charge is -2.43. The molecule has 6 fully saturated rings. The molecule has 7 heterocycles. The minimum atomic E-state index is -0.412. The van der Waals surface area contributed by atoms with Crippen molar-refractivity contribution in [1.29, 1.82) is 0 Å². The molecule has 1 aromatic heterocycles. The van der Waals surface area contributed by atoms with E-state index in [-0.39, 0.29) is 61.9 Å². The fraction of sp³-hybridized carbons (Fsp3) is 0.710. The molecule has 18 nitrogen and oxygen atoms in total. The summed E-state index contributed by atoms with van der Waals surface area (Å²) in [4.78, 5) is 32.9. The summed E-state index contributed by atoms with van der Waals surface area (Å²) in [6.07, 6.45) is 15.3. The van der Waals surface area contributed by atoms with Crippen LogP contribution in [-0.4, -0.2) is 124 Å². The number of fused-ring (bicyclic) bond motifs is 2. The number of carbonyl (C=O) groups is 2. The molecule has 18 atom stereocenters. The predicted octanol–water partition coefficient (Wildman–Crippen LogP) is 11.1. The number of piperidine rings is 2. The van der Waals surface area contributed by atoms with E-state index >= 15 is 0 Å². The molecule has 0 radical (unpaired) electrons. The highest BCUT2D eigenvalue weighted by Crippen LogP contribution is 2.39. The van der Waals surface area contributed by atoms with Crippen LogP contribution in [0.5, 0.6) is 0 Å². The third-order valence-electron chi connectivity index (χ3n) is 18.9. The predicted molar refractivity (Wildman–Crippen MR) is 308 cm³/mol. The van der Waals surface area contributed by atoms with E-state index in [1.165, 1.54) is 25.7 Å². The number of nitrogens with zero attached hydrogens (tertiary/aromatic N) is 8. The first-order valence-corrected chi connectivity index (χ1v) is 29.9. The van der Waals surface area contributed by atoms with Gasteiger partial charge in [0.05, 0.1) is 25.0 Å². The van der Waals surface area contributed by atoms with Crippen LogP contribution in [-0.2, 0) is 54.8 Å². The second-order valence-electron chi connectivity index (χ2n) is 23.9. The van der Waals surface area contributed by atoms with Gasteiger partial charge in [-0.2, -0.15) is 0 Å². The fourth-order valence-electron chi connectivity index (χ4n) is 13.2. The number of ether oxygens (including phenoxy) is 6. The Hall–Kier alpha value is -5.25. The summed E-state index contributed by atoms with van der Waals surface area (Å²) in [5.41, 5.74) is 11.4. The quantitative estimate of drug-likeness (QED) is 0.0562. The lowest BCUT2D eigenvalue weighted by Crippen LogP contribution is -2.56. The average Bonchev–Trinajstić information content (AvgIpc) is 4.19. The van der Waals surface area contributed by atoms with E-state index in [2.05, 4.69) is 116 Å². The summed E-state index contributed by atoms with van der Waals surface area (Å²) >= 11 is 0. The Morgan fingerprint density at radius 2 is 1.18 bits per heavy atom. The first kappa shape index (κ1) is 62.4. The Morgan fingerprint density at radius 1 is 0.688 bits per heavy atom. The highest BCUT2D eigenvalue weighted by molar-refractivity contribution is 5.68. The molecule has 6 saturated heterocycles. The van der Waals surface area contributed by atoms with Gasteiger partial charge in [-0.1, -0.05) is 132 Å². The second-order valence-corrected chi connectivity index (χ2v) is 23.9. The van der Waals surface area contributed by atoms with E-state index in [9.17, 15) is 9.59 Å². The van der Waals surface area contributed by atoms with Crippen molar-refractivity contribution in [2.45, 2.75) is 208 Å². The molecule has 18 heteroatoms. The molecule has 440 valence electrons. The van der Waals surface area contributed by atoms with Crippen LogP contribution in [0.15, 0.2) is 72.0 Å². The van der Waals surface area contributed by atoms with Crippen LogP contribution >= 0.6 is 0 Å². The monoisotopic (exact) mass is 1110 g/mol. The molecule has 16 unspecified atom stereocenters. The number of amides is 2. The molecule has 80 heavy (non-hydrogen) atoms. The fourth-order valence-corrected chi connectivity index (χ4v) is 13.2. The minimum absolute atomic E-state index is 0.0186. The average molecular weight is 1110 g/mol. The van der Waals surface area contributed by atoms with Gasteiger partial charge in [0.2, 0.25) is 0 Å². The third-order valence-corrected chi connectivity index (χ3v) is 18.9. The summed E-state index contributed by atoms with van der Waals surface area (Å²) in [5, 5.41) is 18.8. The number of azide groups is 1. The Bertz CT molecular complexity index is 2440. The van der Waals surface area contributed by atoms with Crippen LogP contribution in [0.4, 0.5) is 9.59 Å². The van der Waals surface area contributed by atoms with Crippen molar-refractivity contribution >= 4 is 12.2 Å². The zero-order valence-electron chi connectivity index (χ0n) is 49.5. The molecule has 6 aliphatic rings. The Labute approximate surface area is 477 Å². The Morgan fingerprint density at radius 3 is 1.66 bits per heavy atom. The maximum atomic E-state index is 12.8. The molecule has 0 bridgehead atoms. The highest BCUT2D eigenvalue weighted by Gasteiger charge is 2.44. The Balaban J connectivity index is 0.000000196. The largest absolute Gasteiger partial charge is 0.445 e. The van der Waals surface area contributed by atoms with Crippen molar-refractivity contribution in [3.8, 4) is 12.3 Å². The molecule has 0 spiro atoms. The van der Waals surface area contributed by atoms with Gasteiger partial charge in [0, 0.05) is 85.1 Å². The normalized spacial score (nSPS) is 33.9. The molecule has 0 aliphatic carbocycles. The first-order valence-electron chi connectivity index (χ1n) is 29.9. The number of hydrogen-bond acceptors (Lipinski definition) is 13. The number of benzene rings is 2. The van der Waals surface area contributed by atoms with E-state index in [4.69, 9.17) is 40.4 Å². The van der Waals surface area contributed by atoms with Crippen molar-refractivity contribution in [3.63, 3.8) is 0 Å². The highest BCUT2D eigenvalue weighted by atomic mass is 16.7. The molecular weight excluding hydrogens is 1010 g/mol. The number of terminal acetylenes is 1. The van der Waals surface area contributed by atoms with Crippen LogP contribution in [0.3, 0.4) is 0 Å². The second kappa shape index (κ2) is 30.7. The molecule has 0 saturated carbocycles. The minimum Gasteiger partial charge on any atom is -0.445 e. The van der Waals surface area contributed by atoms with Gasteiger partial charge in [-0.15, -0.1) is 11.5 Å². The van der Waals surface area contributed by atoms with Gasteiger partial charge in [0.15, 0.2) is 12.6 Å². The summed E-state index contributed by atoms with van der Waals surface area (Å²) in [7, 11) is 0. The molecular formula is C62H94N10O8. The lowest BCUT2D eigenvalue weighted by molar-refractivity contribution is -0.253. The number of aromatic nitrogens is 3. The molecule has 2 N–H and O–H groups in total. The molecule has 2 aromatic carbocycles. The lowest BCUT2D eigenvalue weighted by atomic mass is 9.78. The third kappa shape index (κ3) is 16.9. The van der Waals surface area contributed by atoms with E-state index in [1.54, 1.807) is 0 Å². The van der Waals surface area contributed by atoms with Crippen LogP contribution in [0.2, 0.25) is 0 Å². The van der Waals surface area contributed by atoms with Crippen molar-refractivity contribution in [2.75, 3.05) is 26.2 Å². The van der Waals surface area contributed by atoms with Crippen LogP contribution < -0.4 is 10.6 Å². The SMILES string of the molecule is C#CCOC1OC(CC)C(C)C(C)C1C.CCC1OC(OCc2cn(CC3CC4CC[C@@H](C)N4CC3NC(=O)OCc3ccccc3)nn2)C(C)C(C)C1C.C[C@@H]1CCC2CC(CN=[N+]=[N-])C(NC(=O)OCc3ccccc3)CN21. The van der Waals surface area contributed by atoms with Crippen LogP contribution in [0.25, 0.3) is 10.4 Å². The van der Waals surface area contributed by atoms with Gasteiger partial charge >= 0.3 is 12.2 Å². The standard InChI is InChI=1S/C31H47N5O4.C18H25N5O2.C13H22O2/c1-6-29-22(4)21(3)23(5)30(40-29)38-19-26-16-35(34-33-26)15-25-14-27-13-12-20(2)36(27)17-28(25)32-31(37)39-18-24-10-8-7-9-11-24;1-13-7-8-16-9-15(10-20-22-19)17(11-23(13)16)21-18(24)25-12-14-5-3-2-4-6-14;1-6-8-14-13-11(5)9(3)10(4)12(7-2)15-13/h7-11,16,20-23,25,27-30H,6,12-15,17-19H2,1-5H3,(H,32,37);2-6,13,15-17H,7-12H2,1H3,(H,21,24);1,9-13H,7-8H2,2-5H3/t20-,21?,22?,23?,25?,27?,28?,29?,30?;13-,15?,16?,17?;/m11./s1. The van der Waals surface area contributed by atoms with Gasteiger partial charge < -0.3 is 39.1 Å². The topological polar surface area (TPSA) is 200 Å². The smallest absolute Gasteiger partial charge is 0.407 e. The van der Waals surface area contributed by atoms with Gasteiger partial charge in [-0.25, -0.2) is 9.59 Å². The maximum absolute atomic E-state index is 12.8. The zero-order chi connectivity index (χ0) is 57.3. The van der Waals surface area contributed by atoms with Gasteiger partial charge in [-0.05, 0) is 111 Å². The van der Waals surface area contributed by atoms with E-state index < -0.39 is 6.09 Å². The number of carbonyl (C=O) groups excluding carboxylic acids is 2. The molecule has 2 amide bonds. The van der Waals surface area contributed by atoms with Gasteiger partial charge in [-0.3, -0.25) is 14.5 Å². The Kier molecular flexibility index (Phi) is 23.9. The molecule has 9 rings (SSSR count). The van der Waals surface area contributed by atoms with Crippen molar-refractivity contribution in [3.05, 3.63) is 94.1 Å². The van der Waals surface area contributed by atoms with E-state index in [0.29, 0.717) is 92.1 Å². The van der Waals surface area contributed by atoms with E-state index in [0.717, 1.165) is 55.6 Å². The summed E-state index contributed by atoms with van der Waals surface area (Å²) in [5.74, 6) is 5.89. The van der Waals surface area contributed by atoms with Crippen LogP contribution in [0, 0.1) is 59.7 Å². The van der Waals surface area contributed by atoms with Gasteiger partial charge in [0.1, 0.15) is 25.5 Å². The van der Waals surface area contributed by atoms with Crippen molar-refractivity contribution in [1.82, 2.24) is 35.4 Å². The van der Waals surface area contributed by atoms with Crippen LogP contribution in [0.1, 0.15) is 137 Å². The molecule has 6 aliphatic heterocycles. The number of alkyl carbamates (subject to hydrolysis) is 2. The number of rotatable bonds is 17. The summed E-state index contributed by atoms with van der Waals surface area (Å²) in [6.45, 7) is 26.3. The van der Waals surface area contributed by atoms with Crippen molar-refractivity contribution < 1.29 is 38.0 Å². The number of nitrogens with one attached hydrogen (secondary N) is 2. The zero-order valence-corrected chi connectivity index (χ0v) is 49.5.